The number of para-hydroxylation sites is 1. The molecule has 1 aliphatic heterocycles. The minimum absolute atomic E-state index is 0.582. The molecule has 0 spiro atoms. The van der Waals surface area contributed by atoms with E-state index in [4.69, 9.17) is 0 Å². The van der Waals surface area contributed by atoms with Crippen molar-refractivity contribution in [2.24, 2.45) is 0 Å². The predicted octanol–water partition coefficient (Wildman–Crippen LogP) is 2.14. The van der Waals surface area contributed by atoms with Crippen molar-refractivity contribution in [2.45, 2.75) is 18.8 Å². The van der Waals surface area contributed by atoms with Crippen LogP contribution in [-0.2, 0) is 13.0 Å². The molecule has 2 aromatic carbocycles. The third-order valence-corrected chi connectivity index (χ3v) is 4.13. The number of nitrogens with zero attached hydrogens (tertiary/aromatic N) is 2. The van der Waals surface area contributed by atoms with Gasteiger partial charge >= 0.3 is 0 Å². The summed E-state index contributed by atoms with van der Waals surface area (Å²) in [7, 11) is 2.40. The van der Waals surface area contributed by atoms with Gasteiger partial charge in [0.25, 0.3) is 0 Å². The first-order chi connectivity index (χ1) is 10.4. The van der Waals surface area contributed by atoms with Crippen molar-refractivity contribution in [3.63, 3.8) is 0 Å². The zero-order chi connectivity index (χ0) is 14.1. The molecule has 3 aromatic rings. The van der Waals surface area contributed by atoms with Gasteiger partial charge in [0, 0.05) is 5.72 Å². The molecule has 0 amide bonds. The third-order valence-electron chi connectivity index (χ3n) is 4.13. The van der Waals surface area contributed by atoms with Gasteiger partial charge in [0.15, 0.2) is 0 Å². The van der Waals surface area contributed by atoms with Crippen molar-refractivity contribution in [3.8, 4) is 5.69 Å². The Kier molecular flexibility index (Phi) is 3.11. The van der Waals surface area contributed by atoms with Crippen molar-refractivity contribution in [2.75, 3.05) is 0 Å². The Hall–Kier alpha value is -2.29. The van der Waals surface area contributed by atoms with Crippen LogP contribution in [0, 0.1) is 0 Å². The first-order valence-electron chi connectivity index (χ1n) is 7.45. The number of hydrogen-bond donors (Lipinski definition) is 0. The van der Waals surface area contributed by atoms with Gasteiger partial charge in [0.05, 0.1) is 6.54 Å². The number of aromatic nitrogens is 2. The van der Waals surface area contributed by atoms with E-state index in [1.165, 1.54) is 17.0 Å². The maximum atomic E-state index is 2.40. The topological polar surface area (TPSA) is 8.81 Å². The van der Waals surface area contributed by atoms with Crippen LogP contribution in [0.2, 0.25) is 5.82 Å². The smallest absolute Gasteiger partial charge is 0.131 e. The summed E-state index contributed by atoms with van der Waals surface area (Å²) in [6, 6.07) is 21.3. The standard InChI is InChI=1S/C18H17BN2/c1-3-7-15(8-4-1)13-16-14-20-11-12-21(18(20)19-16)17-9-5-2-6-10-17/h1-12,16H,13-14H2/t16-/m1/s1. The lowest BCUT2D eigenvalue weighted by molar-refractivity contribution is -0.673. The van der Waals surface area contributed by atoms with Crippen molar-refractivity contribution in [1.82, 2.24) is 4.57 Å². The van der Waals surface area contributed by atoms with E-state index in [1.54, 1.807) is 0 Å². The van der Waals surface area contributed by atoms with Crippen LogP contribution >= 0.6 is 0 Å². The van der Waals surface area contributed by atoms with Gasteiger partial charge in [-0.1, -0.05) is 60.5 Å². The van der Waals surface area contributed by atoms with Crippen LogP contribution in [0.1, 0.15) is 5.56 Å². The van der Waals surface area contributed by atoms with Gasteiger partial charge in [-0.15, -0.1) is 0 Å². The van der Waals surface area contributed by atoms with Crippen LogP contribution in [-0.4, -0.2) is 11.8 Å². The molecule has 3 heteroatoms. The second kappa shape index (κ2) is 5.25. The van der Waals surface area contributed by atoms with E-state index < -0.39 is 0 Å². The van der Waals surface area contributed by atoms with Gasteiger partial charge in [-0.2, -0.15) is 13.1 Å². The lowest BCUT2D eigenvalue weighted by atomic mass is 9.64. The number of imidazole rings is 1. The molecule has 0 aliphatic carbocycles. The maximum Gasteiger partial charge on any atom is 0.131 e. The monoisotopic (exact) mass is 272 g/mol. The summed E-state index contributed by atoms with van der Waals surface area (Å²) in [4.78, 5) is 0. The quantitative estimate of drug-likeness (QED) is 0.510. The molecule has 1 aliphatic rings. The number of rotatable bonds is 3. The molecule has 0 bridgehead atoms. The van der Waals surface area contributed by atoms with Crippen LogP contribution in [0.4, 0.5) is 0 Å². The van der Waals surface area contributed by atoms with Crippen molar-refractivity contribution in [1.29, 1.82) is 0 Å². The van der Waals surface area contributed by atoms with Gasteiger partial charge < -0.3 is 0 Å². The predicted molar refractivity (Wildman–Crippen MR) is 85.2 cm³/mol. The molecule has 2 nitrogen and oxygen atoms in total. The maximum absolute atomic E-state index is 2.40. The fourth-order valence-electron chi connectivity index (χ4n) is 3.13. The van der Waals surface area contributed by atoms with Crippen molar-refractivity contribution >= 4 is 13.0 Å². The average molecular weight is 272 g/mol. The fraction of sp³-hybridized carbons (Fsp3) is 0.167. The fourth-order valence-corrected chi connectivity index (χ4v) is 3.13. The summed E-state index contributed by atoms with van der Waals surface area (Å²) >= 11 is 0. The van der Waals surface area contributed by atoms with E-state index >= 15 is 0 Å². The first-order valence-corrected chi connectivity index (χ1v) is 7.45. The molecule has 0 unspecified atom stereocenters. The summed E-state index contributed by atoms with van der Waals surface area (Å²) in [6.45, 7) is 1.07. The number of fused-ring (bicyclic) bond motifs is 1. The van der Waals surface area contributed by atoms with Gasteiger partial charge in [0.1, 0.15) is 18.1 Å². The average Bonchev–Trinajstić information content (AvgIpc) is 3.09. The largest absolute Gasteiger partial charge is 0.280 e. The van der Waals surface area contributed by atoms with Crippen LogP contribution in [0.25, 0.3) is 5.69 Å². The molecule has 2 heterocycles. The molecule has 102 valence electrons. The Bertz CT molecular complexity index is 734. The minimum atomic E-state index is 0.582. The number of hydrogen-bond acceptors (Lipinski definition) is 0. The van der Waals surface area contributed by atoms with Crippen LogP contribution in [0.5, 0.6) is 0 Å². The molecule has 0 N–H and O–H groups in total. The lowest BCUT2D eigenvalue weighted by Crippen LogP contribution is -2.45. The molecule has 2 radical (unpaired) electrons. The van der Waals surface area contributed by atoms with E-state index in [9.17, 15) is 0 Å². The summed E-state index contributed by atoms with van der Waals surface area (Å²) in [5.74, 6) is 0.582. The second-order valence-corrected chi connectivity index (χ2v) is 5.63. The van der Waals surface area contributed by atoms with Gasteiger partial charge in [-0.25, -0.2) is 4.57 Å². The van der Waals surface area contributed by atoms with Gasteiger partial charge in [-0.3, -0.25) is 4.57 Å². The highest BCUT2D eigenvalue weighted by Crippen LogP contribution is 2.17. The highest BCUT2D eigenvalue weighted by atomic mass is 15.2. The normalized spacial score (nSPS) is 16.9. The Balaban J connectivity index is 1.56. The molecule has 21 heavy (non-hydrogen) atoms. The van der Waals surface area contributed by atoms with E-state index in [1.807, 2.05) is 0 Å². The lowest BCUT2D eigenvalue weighted by Gasteiger charge is -2.16. The Morgan fingerprint density at radius 3 is 2.48 bits per heavy atom. The van der Waals surface area contributed by atoms with Crippen molar-refractivity contribution < 1.29 is 4.57 Å². The first kappa shape index (κ1) is 12.5. The minimum Gasteiger partial charge on any atom is -0.280 e. The number of benzene rings is 2. The highest BCUT2D eigenvalue weighted by molar-refractivity contribution is 6.53. The Labute approximate surface area is 125 Å². The van der Waals surface area contributed by atoms with Crippen LogP contribution in [0.15, 0.2) is 73.1 Å². The zero-order valence-electron chi connectivity index (χ0n) is 11.9. The summed E-state index contributed by atoms with van der Waals surface area (Å²) in [5, 5.41) is 0. The molecule has 0 saturated heterocycles. The molecule has 0 saturated carbocycles. The summed E-state index contributed by atoms with van der Waals surface area (Å²) < 4.78 is 4.62. The summed E-state index contributed by atoms with van der Waals surface area (Å²) in [5.41, 5.74) is 3.93. The molecular weight excluding hydrogens is 255 g/mol. The molecule has 1 atom stereocenters. The second-order valence-electron chi connectivity index (χ2n) is 5.63. The van der Waals surface area contributed by atoms with Gasteiger partial charge in [0.2, 0.25) is 0 Å². The summed E-state index contributed by atoms with van der Waals surface area (Å²) in [6.07, 6.45) is 5.45. The Morgan fingerprint density at radius 1 is 1.00 bits per heavy atom. The van der Waals surface area contributed by atoms with Crippen molar-refractivity contribution in [3.05, 3.63) is 78.6 Å². The third kappa shape index (κ3) is 2.40. The zero-order valence-corrected chi connectivity index (χ0v) is 11.9. The van der Waals surface area contributed by atoms with E-state index in [-0.39, 0.29) is 0 Å². The molecule has 4 rings (SSSR count). The van der Waals surface area contributed by atoms with E-state index in [0.717, 1.165) is 13.0 Å². The van der Waals surface area contributed by atoms with E-state index in [0.29, 0.717) is 5.82 Å². The molecule has 1 aromatic heterocycles. The van der Waals surface area contributed by atoms with E-state index in [2.05, 4.69) is 89.5 Å². The Morgan fingerprint density at radius 2 is 1.71 bits per heavy atom. The highest BCUT2D eigenvalue weighted by Gasteiger charge is 2.19. The SMILES string of the molecule is [B-]1c2n(-c3ccccc3)cc[n+]2C[C@H]1Cc1ccccc1. The molecular formula is C18H17BN2. The van der Waals surface area contributed by atoms with Crippen LogP contribution < -0.4 is 10.3 Å². The molecule has 0 fully saturated rings. The van der Waals surface area contributed by atoms with Gasteiger partial charge in [-0.05, 0) is 12.1 Å². The van der Waals surface area contributed by atoms with Crippen LogP contribution in [0.3, 0.4) is 0 Å².